The second kappa shape index (κ2) is 5.98. The van der Waals surface area contributed by atoms with Crippen molar-refractivity contribution in [1.82, 2.24) is 5.32 Å². The van der Waals surface area contributed by atoms with Crippen molar-refractivity contribution in [2.24, 2.45) is 0 Å². The first-order valence-electron chi connectivity index (χ1n) is 7.68. The molecule has 0 saturated carbocycles. The van der Waals surface area contributed by atoms with Gasteiger partial charge >= 0.3 is 0 Å². The molecule has 0 aromatic heterocycles. The van der Waals surface area contributed by atoms with E-state index < -0.39 is 0 Å². The molecule has 0 bridgehead atoms. The largest absolute Gasteiger partial charge is 0.316 e. The molecule has 2 aromatic carbocycles. The Labute approximate surface area is 126 Å². The van der Waals surface area contributed by atoms with Crippen LogP contribution in [0.1, 0.15) is 40.5 Å². The lowest BCUT2D eigenvalue weighted by Gasteiger charge is -2.33. The fourth-order valence-electron chi connectivity index (χ4n) is 3.54. The molecule has 3 rings (SSSR count). The number of nitrogens with one attached hydrogen (secondary N) is 1. The average Bonchev–Trinajstić information content (AvgIpc) is 2.47. The van der Waals surface area contributed by atoms with Crippen molar-refractivity contribution in [2.45, 2.75) is 32.1 Å². The highest BCUT2D eigenvalue weighted by molar-refractivity contribution is 5.35. The summed E-state index contributed by atoms with van der Waals surface area (Å²) in [5, 5.41) is 3.48. The normalized spacial score (nSPS) is 22.2. The second-order valence-electron chi connectivity index (χ2n) is 6.18. The Bertz CT molecular complexity index is 598. The average molecular weight is 283 g/mol. The third-order valence-corrected chi connectivity index (χ3v) is 4.45. The van der Waals surface area contributed by atoms with Crippen molar-refractivity contribution in [2.75, 3.05) is 13.1 Å². The van der Waals surface area contributed by atoms with Gasteiger partial charge in [-0.2, -0.15) is 0 Å². The van der Waals surface area contributed by atoms with Gasteiger partial charge in [0, 0.05) is 12.5 Å². The quantitative estimate of drug-likeness (QED) is 0.866. The van der Waals surface area contributed by atoms with Crippen molar-refractivity contribution in [1.29, 1.82) is 0 Å². The van der Waals surface area contributed by atoms with E-state index in [1.165, 1.54) is 22.3 Å². The molecule has 1 N–H and O–H groups in total. The van der Waals surface area contributed by atoms with Crippen LogP contribution in [0.5, 0.6) is 0 Å². The Morgan fingerprint density at radius 1 is 0.905 bits per heavy atom. The van der Waals surface area contributed by atoms with Gasteiger partial charge in [-0.1, -0.05) is 41.5 Å². The Balaban J connectivity index is 1.95. The van der Waals surface area contributed by atoms with Crippen LogP contribution in [-0.2, 0) is 0 Å². The number of rotatable bonds is 2. The summed E-state index contributed by atoms with van der Waals surface area (Å²) in [5.74, 6) is 0.765. The number of piperidine rings is 1. The van der Waals surface area contributed by atoms with Gasteiger partial charge < -0.3 is 5.32 Å². The van der Waals surface area contributed by atoms with Crippen LogP contribution in [0, 0.1) is 19.7 Å². The highest BCUT2D eigenvalue weighted by Gasteiger charge is 2.27. The number of hydrogen-bond donors (Lipinski definition) is 1. The van der Waals surface area contributed by atoms with Gasteiger partial charge in [0.1, 0.15) is 5.82 Å². The van der Waals surface area contributed by atoms with E-state index in [1.807, 2.05) is 12.1 Å². The highest BCUT2D eigenvalue weighted by atomic mass is 19.1. The third kappa shape index (κ3) is 3.16. The van der Waals surface area contributed by atoms with Gasteiger partial charge in [0.15, 0.2) is 0 Å². The zero-order valence-corrected chi connectivity index (χ0v) is 12.7. The Morgan fingerprint density at radius 3 is 2.24 bits per heavy atom. The Kier molecular flexibility index (Phi) is 4.07. The van der Waals surface area contributed by atoms with Crippen molar-refractivity contribution < 1.29 is 4.39 Å². The molecule has 1 aliphatic rings. The van der Waals surface area contributed by atoms with Gasteiger partial charge in [-0.3, -0.25) is 0 Å². The molecule has 0 aliphatic carbocycles. The minimum Gasteiger partial charge on any atom is -0.316 e. The Hall–Kier alpha value is -1.67. The SMILES string of the molecule is Cc1cc(C)cc(C2CCNCC2c2ccc(F)cc2)c1. The molecular weight excluding hydrogens is 261 g/mol. The number of halogens is 1. The number of aryl methyl sites for hydroxylation is 2. The predicted molar refractivity (Wildman–Crippen MR) is 85.3 cm³/mol. The fraction of sp³-hybridized carbons (Fsp3) is 0.368. The van der Waals surface area contributed by atoms with E-state index in [1.54, 1.807) is 12.1 Å². The van der Waals surface area contributed by atoms with Crippen molar-refractivity contribution in [3.05, 3.63) is 70.5 Å². The minimum atomic E-state index is -0.162. The number of benzene rings is 2. The highest BCUT2D eigenvalue weighted by Crippen LogP contribution is 2.37. The molecule has 1 fully saturated rings. The first-order valence-corrected chi connectivity index (χ1v) is 7.68. The van der Waals surface area contributed by atoms with Gasteiger partial charge in [0.25, 0.3) is 0 Å². The molecule has 0 spiro atoms. The van der Waals surface area contributed by atoms with Crippen LogP contribution in [0.3, 0.4) is 0 Å². The van der Waals surface area contributed by atoms with Gasteiger partial charge in [0.05, 0.1) is 0 Å². The summed E-state index contributed by atoms with van der Waals surface area (Å²) in [6.45, 7) is 6.33. The van der Waals surface area contributed by atoms with Crippen LogP contribution >= 0.6 is 0 Å². The monoisotopic (exact) mass is 283 g/mol. The molecule has 2 aromatic rings. The first kappa shape index (κ1) is 14.3. The molecule has 21 heavy (non-hydrogen) atoms. The predicted octanol–water partition coefficient (Wildman–Crippen LogP) is 4.30. The van der Waals surface area contributed by atoms with E-state index in [0.29, 0.717) is 11.8 Å². The Morgan fingerprint density at radius 2 is 1.57 bits per heavy atom. The maximum Gasteiger partial charge on any atom is 0.123 e. The second-order valence-corrected chi connectivity index (χ2v) is 6.18. The van der Waals surface area contributed by atoms with E-state index in [4.69, 9.17) is 0 Å². The van der Waals surface area contributed by atoms with Gasteiger partial charge in [-0.15, -0.1) is 0 Å². The fourth-order valence-corrected chi connectivity index (χ4v) is 3.54. The third-order valence-electron chi connectivity index (χ3n) is 4.45. The molecular formula is C19H22FN. The van der Waals surface area contributed by atoms with E-state index in [2.05, 4.69) is 37.4 Å². The van der Waals surface area contributed by atoms with E-state index in [-0.39, 0.29) is 5.82 Å². The smallest absolute Gasteiger partial charge is 0.123 e. The van der Waals surface area contributed by atoms with Gasteiger partial charge in [0.2, 0.25) is 0 Å². The van der Waals surface area contributed by atoms with Crippen LogP contribution in [0.4, 0.5) is 4.39 Å². The zero-order chi connectivity index (χ0) is 14.8. The summed E-state index contributed by atoms with van der Waals surface area (Å²) in [6, 6.07) is 13.8. The number of hydrogen-bond acceptors (Lipinski definition) is 1. The van der Waals surface area contributed by atoms with Crippen LogP contribution in [0.2, 0.25) is 0 Å². The molecule has 0 radical (unpaired) electrons. The van der Waals surface area contributed by atoms with E-state index in [0.717, 1.165) is 19.5 Å². The lowest BCUT2D eigenvalue weighted by Crippen LogP contribution is -2.34. The van der Waals surface area contributed by atoms with E-state index >= 15 is 0 Å². The molecule has 1 saturated heterocycles. The molecule has 1 nitrogen and oxygen atoms in total. The summed E-state index contributed by atoms with van der Waals surface area (Å²) in [4.78, 5) is 0. The summed E-state index contributed by atoms with van der Waals surface area (Å²) < 4.78 is 13.2. The van der Waals surface area contributed by atoms with Crippen molar-refractivity contribution in [3.63, 3.8) is 0 Å². The molecule has 2 unspecified atom stereocenters. The first-order chi connectivity index (χ1) is 10.1. The van der Waals surface area contributed by atoms with Gasteiger partial charge in [-0.05, 0) is 56.0 Å². The lowest BCUT2D eigenvalue weighted by atomic mass is 9.77. The lowest BCUT2D eigenvalue weighted by molar-refractivity contribution is 0.403. The van der Waals surface area contributed by atoms with E-state index in [9.17, 15) is 4.39 Å². The molecule has 0 amide bonds. The summed E-state index contributed by atoms with van der Waals surface area (Å²) >= 11 is 0. The topological polar surface area (TPSA) is 12.0 Å². The van der Waals surface area contributed by atoms with Crippen molar-refractivity contribution >= 4 is 0 Å². The summed E-state index contributed by atoms with van der Waals surface area (Å²) in [5.41, 5.74) is 5.29. The van der Waals surface area contributed by atoms with Crippen LogP contribution in [0.25, 0.3) is 0 Å². The van der Waals surface area contributed by atoms with Crippen molar-refractivity contribution in [3.8, 4) is 0 Å². The standard InChI is InChI=1S/C19H22FN/c1-13-9-14(2)11-16(10-13)18-7-8-21-12-19(18)15-3-5-17(20)6-4-15/h3-6,9-11,18-19,21H,7-8,12H2,1-2H3. The molecule has 1 heterocycles. The maximum absolute atomic E-state index is 13.2. The zero-order valence-electron chi connectivity index (χ0n) is 12.7. The minimum absolute atomic E-state index is 0.162. The van der Waals surface area contributed by atoms with Gasteiger partial charge in [-0.25, -0.2) is 4.39 Å². The van der Waals surface area contributed by atoms with Crippen LogP contribution in [-0.4, -0.2) is 13.1 Å². The molecule has 1 aliphatic heterocycles. The molecule has 2 atom stereocenters. The molecule has 2 heteroatoms. The summed E-state index contributed by atoms with van der Waals surface area (Å²) in [6.07, 6.45) is 1.13. The molecule has 110 valence electrons. The van der Waals surface area contributed by atoms with Crippen LogP contribution < -0.4 is 5.32 Å². The summed E-state index contributed by atoms with van der Waals surface area (Å²) in [7, 11) is 0. The maximum atomic E-state index is 13.2. The van der Waals surface area contributed by atoms with Crippen LogP contribution in [0.15, 0.2) is 42.5 Å².